The van der Waals surface area contributed by atoms with E-state index >= 15 is 0 Å². The fourth-order valence-corrected chi connectivity index (χ4v) is 2.54. The maximum Gasteiger partial charge on any atom is 0.0997 e. The molecule has 0 aromatic heterocycles. The van der Waals surface area contributed by atoms with Gasteiger partial charge in [0.1, 0.15) is 0 Å². The van der Waals surface area contributed by atoms with Gasteiger partial charge in [-0.05, 0) is 13.3 Å². The van der Waals surface area contributed by atoms with E-state index in [4.69, 9.17) is 4.74 Å². The number of ether oxygens (including phenoxy) is 1. The molecule has 1 N–H and O–H groups in total. The van der Waals surface area contributed by atoms with Gasteiger partial charge in [-0.3, -0.25) is 4.90 Å². The molecule has 0 aliphatic carbocycles. The van der Waals surface area contributed by atoms with Crippen molar-refractivity contribution < 1.29 is 9.84 Å². The highest BCUT2D eigenvalue weighted by molar-refractivity contribution is 5.85. The van der Waals surface area contributed by atoms with Gasteiger partial charge in [0.15, 0.2) is 0 Å². The molecule has 0 saturated carbocycles. The summed E-state index contributed by atoms with van der Waals surface area (Å²) < 4.78 is 5.45. The normalized spacial score (nSPS) is 23.5. The lowest BCUT2D eigenvalue weighted by Crippen LogP contribution is -2.46. The van der Waals surface area contributed by atoms with Crippen LogP contribution in [0, 0.1) is 0 Å². The first-order valence-corrected chi connectivity index (χ1v) is 7.66. The molecule has 1 rings (SSSR count). The van der Waals surface area contributed by atoms with Crippen molar-refractivity contribution in [1.82, 2.24) is 4.90 Å². The number of unbranched alkanes of at least 4 members (excludes halogenated alkanes) is 7. The average Bonchev–Trinajstić information content (AvgIpc) is 2.75. The van der Waals surface area contributed by atoms with E-state index in [2.05, 4.69) is 18.7 Å². The van der Waals surface area contributed by atoms with E-state index in [0.717, 1.165) is 6.54 Å². The molecule has 0 radical (unpaired) electrons. The lowest BCUT2D eigenvalue weighted by atomic mass is 10.0. The van der Waals surface area contributed by atoms with Gasteiger partial charge in [-0.25, -0.2) is 0 Å². The molecule has 3 nitrogen and oxygen atoms in total. The van der Waals surface area contributed by atoms with Crippen molar-refractivity contribution in [3.63, 3.8) is 0 Å². The van der Waals surface area contributed by atoms with Crippen LogP contribution in [0.4, 0.5) is 0 Å². The third-order valence-corrected chi connectivity index (χ3v) is 4.05. The predicted octanol–water partition coefficient (Wildman–Crippen LogP) is 3.59. The van der Waals surface area contributed by atoms with Crippen molar-refractivity contribution in [2.24, 2.45) is 0 Å². The molecule has 1 heterocycles. The van der Waals surface area contributed by atoms with Crippen LogP contribution in [0.2, 0.25) is 0 Å². The zero-order chi connectivity index (χ0) is 13.3. The molecule has 1 aliphatic heterocycles. The smallest absolute Gasteiger partial charge is 0.0997 e. The fraction of sp³-hybridized carbons (Fsp3) is 1.00. The lowest BCUT2D eigenvalue weighted by molar-refractivity contribution is 0.0834. The number of hydrogen-bond acceptors (Lipinski definition) is 3. The van der Waals surface area contributed by atoms with Crippen LogP contribution in [-0.2, 0) is 4.74 Å². The Morgan fingerprint density at radius 3 is 2.21 bits per heavy atom. The van der Waals surface area contributed by atoms with Crippen LogP contribution < -0.4 is 0 Å². The molecule has 0 bridgehead atoms. The minimum Gasteiger partial charge on any atom is -0.394 e. The van der Waals surface area contributed by atoms with Gasteiger partial charge in [0, 0.05) is 6.54 Å². The number of halogens is 1. The Morgan fingerprint density at radius 2 is 1.63 bits per heavy atom. The van der Waals surface area contributed by atoms with Crippen LogP contribution in [0.25, 0.3) is 0 Å². The maximum absolute atomic E-state index is 9.40. The molecule has 19 heavy (non-hydrogen) atoms. The number of nitrogens with zero attached hydrogens (tertiary/aromatic N) is 1. The van der Waals surface area contributed by atoms with Crippen molar-refractivity contribution >= 4 is 12.4 Å². The molecular weight excluding hydrogens is 262 g/mol. The molecular formula is C15H32ClNO2. The minimum atomic E-state index is -0.138. The second kappa shape index (κ2) is 10.9. The SMILES string of the molecule is CCCCCCCCCCN1COCC1(C)CO.Cl. The first-order valence-electron chi connectivity index (χ1n) is 7.66. The minimum absolute atomic E-state index is 0. The number of hydrogen-bond donors (Lipinski definition) is 1. The second-order valence-corrected chi connectivity index (χ2v) is 5.87. The van der Waals surface area contributed by atoms with Gasteiger partial charge in [-0.2, -0.15) is 0 Å². The molecule has 1 atom stereocenters. The van der Waals surface area contributed by atoms with Crippen LogP contribution in [0.1, 0.15) is 65.2 Å². The average molecular weight is 294 g/mol. The van der Waals surface area contributed by atoms with Gasteiger partial charge in [0.05, 0.1) is 25.5 Å². The first-order chi connectivity index (χ1) is 8.73. The van der Waals surface area contributed by atoms with Crippen molar-refractivity contribution in [2.45, 2.75) is 70.8 Å². The second-order valence-electron chi connectivity index (χ2n) is 5.87. The van der Waals surface area contributed by atoms with Gasteiger partial charge in [-0.1, -0.05) is 51.9 Å². The van der Waals surface area contributed by atoms with E-state index in [1.165, 1.54) is 51.4 Å². The number of aliphatic hydroxyl groups is 1. The van der Waals surface area contributed by atoms with Crippen LogP contribution in [0.5, 0.6) is 0 Å². The molecule has 1 fully saturated rings. The summed E-state index contributed by atoms with van der Waals surface area (Å²) in [7, 11) is 0. The molecule has 1 aliphatic rings. The quantitative estimate of drug-likeness (QED) is 0.625. The van der Waals surface area contributed by atoms with Gasteiger partial charge in [0.25, 0.3) is 0 Å². The molecule has 4 heteroatoms. The number of rotatable bonds is 10. The Bertz CT molecular complexity index is 216. The topological polar surface area (TPSA) is 32.7 Å². The zero-order valence-electron chi connectivity index (χ0n) is 12.7. The van der Waals surface area contributed by atoms with Crippen LogP contribution >= 0.6 is 12.4 Å². The monoisotopic (exact) mass is 293 g/mol. The molecule has 116 valence electrons. The highest BCUT2D eigenvalue weighted by Gasteiger charge is 2.36. The Balaban J connectivity index is 0.00000324. The molecule has 0 amide bonds. The maximum atomic E-state index is 9.40. The molecule has 1 unspecified atom stereocenters. The van der Waals surface area contributed by atoms with Gasteiger partial charge in [-0.15, -0.1) is 12.4 Å². The zero-order valence-corrected chi connectivity index (χ0v) is 13.5. The van der Waals surface area contributed by atoms with Crippen molar-refractivity contribution in [1.29, 1.82) is 0 Å². The van der Waals surface area contributed by atoms with E-state index in [1.54, 1.807) is 0 Å². The highest BCUT2D eigenvalue weighted by Crippen LogP contribution is 2.22. The highest BCUT2D eigenvalue weighted by atomic mass is 35.5. The molecule has 0 aromatic rings. The van der Waals surface area contributed by atoms with E-state index < -0.39 is 0 Å². The summed E-state index contributed by atoms with van der Waals surface area (Å²) >= 11 is 0. The molecule has 0 spiro atoms. The lowest BCUT2D eigenvalue weighted by Gasteiger charge is -2.30. The van der Waals surface area contributed by atoms with Crippen molar-refractivity contribution in [3.8, 4) is 0 Å². The van der Waals surface area contributed by atoms with Crippen LogP contribution in [-0.4, -0.2) is 42.0 Å². The van der Waals surface area contributed by atoms with E-state index in [9.17, 15) is 5.11 Å². The van der Waals surface area contributed by atoms with Gasteiger partial charge >= 0.3 is 0 Å². The summed E-state index contributed by atoms with van der Waals surface area (Å²) in [4.78, 5) is 2.28. The Kier molecular flexibility index (Phi) is 11.0. The third kappa shape index (κ3) is 6.94. The third-order valence-electron chi connectivity index (χ3n) is 4.05. The van der Waals surface area contributed by atoms with Gasteiger partial charge < -0.3 is 9.84 Å². The van der Waals surface area contributed by atoms with Crippen molar-refractivity contribution in [3.05, 3.63) is 0 Å². The predicted molar refractivity (Wildman–Crippen MR) is 82.9 cm³/mol. The summed E-state index contributed by atoms with van der Waals surface area (Å²) in [5.74, 6) is 0. The first kappa shape index (κ1) is 19.2. The van der Waals surface area contributed by atoms with Crippen molar-refractivity contribution in [2.75, 3.05) is 26.5 Å². The summed E-state index contributed by atoms with van der Waals surface area (Å²) in [6, 6.07) is 0. The molecule has 0 aromatic carbocycles. The van der Waals surface area contributed by atoms with E-state index in [1.807, 2.05) is 0 Å². The Labute approximate surface area is 125 Å². The summed E-state index contributed by atoms with van der Waals surface area (Å²) in [5, 5.41) is 9.40. The van der Waals surface area contributed by atoms with Crippen LogP contribution in [0.3, 0.4) is 0 Å². The molecule has 1 saturated heterocycles. The summed E-state index contributed by atoms with van der Waals surface area (Å²) in [5.41, 5.74) is -0.138. The van der Waals surface area contributed by atoms with Crippen LogP contribution in [0.15, 0.2) is 0 Å². The Morgan fingerprint density at radius 1 is 1.05 bits per heavy atom. The van der Waals surface area contributed by atoms with E-state index in [0.29, 0.717) is 13.3 Å². The standard InChI is InChI=1S/C15H31NO2.ClH/c1-3-4-5-6-7-8-9-10-11-16-14-18-13-15(16,2)12-17;/h17H,3-14H2,1-2H3;1H. The van der Waals surface area contributed by atoms with Gasteiger partial charge in [0.2, 0.25) is 0 Å². The van der Waals surface area contributed by atoms with E-state index in [-0.39, 0.29) is 24.6 Å². The largest absolute Gasteiger partial charge is 0.394 e. The number of aliphatic hydroxyl groups excluding tert-OH is 1. The fourth-order valence-electron chi connectivity index (χ4n) is 2.54. The summed E-state index contributed by atoms with van der Waals surface area (Å²) in [6.45, 7) is 6.96. The summed E-state index contributed by atoms with van der Waals surface area (Å²) in [6.07, 6.45) is 10.8. The Hall–Kier alpha value is 0.170.